The van der Waals surface area contributed by atoms with Gasteiger partial charge in [-0.3, -0.25) is 23.7 Å². The minimum Gasteiger partial charge on any atom is -0.493 e. The van der Waals surface area contributed by atoms with Crippen molar-refractivity contribution >= 4 is 39.4 Å². The molecule has 0 radical (unpaired) electrons. The second-order valence-corrected chi connectivity index (χ2v) is 10.2. The number of fused-ring (bicyclic) bond motifs is 3. The van der Waals surface area contributed by atoms with Crippen molar-refractivity contribution in [3.05, 3.63) is 76.2 Å². The van der Waals surface area contributed by atoms with E-state index in [-0.39, 0.29) is 47.1 Å². The molecule has 1 fully saturated rings. The lowest BCUT2D eigenvalue weighted by Crippen LogP contribution is -2.51. The van der Waals surface area contributed by atoms with Gasteiger partial charge in [-0.25, -0.2) is 0 Å². The number of amides is 2. The zero-order chi connectivity index (χ0) is 28.6. The predicted octanol–water partition coefficient (Wildman–Crippen LogP) is 2.49. The van der Waals surface area contributed by atoms with Crippen molar-refractivity contribution in [2.24, 2.45) is 7.05 Å². The van der Waals surface area contributed by atoms with E-state index in [0.29, 0.717) is 41.4 Å². The van der Waals surface area contributed by atoms with E-state index in [1.54, 1.807) is 52.9 Å². The molecule has 10 nitrogen and oxygen atoms in total. The molecule has 3 heterocycles. The number of aryl methyl sites for hydroxylation is 1. The number of ketones is 1. The molecule has 2 N–H and O–H groups in total. The van der Waals surface area contributed by atoms with Crippen molar-refractivity contribution in [1.29, 1.82) is 0 Å². The molecule has 0 bridgehead atoms. The second kappa shape index (κ2) is 11.0. The number of methoxy groups -OCH3 is 1. The molecule has 40 heavy (non-hydrogen) atoms. The van der Waals surface area contributed by atoms with E-state index in [1.165, 1.54) is 11.7 Å². The molecule has 2 atom stereocenters. The Hall–Kier alpha value is -4.44. The van der Waals surface area contributed by atoms with Gasteiger partial charge >= 0.3 is 0 Å². The van der Waals surface area contributed by atoms with E-state index in [2.05, 4.69) is 5.32 Å². The van der Waals surface area contributed by atoms with E-state index >= 15 is 0 Å². The van der Waals surface area contributed by atoms with Gasteiger partial charge in [0.1, 0.15) is 12.0 Å². The highest BCUT2D eigenvalue weighted by Crippen LogP contribution is 2.35. The van der Waals surface area contributed by atoms with Crippen LogP contribution in [0.25, 0.3) is 21.8 Å². The maximum Gasteiger partial charge on any atom is 0.272 e. The fourth-order valence-corrected chi connectivity index (χ4v) is 5.81. The number of carbonyl (C=O) groups is 3. The lowest BCUT2D eigenvalue weighted by atomic mass is 9.98. The Kier molecular flexibility index (Phi) is 7.44. The van der Waals surface area contributed by atoms with Crippen LogP contribution in [0.2, 0.25) is 0 Å². The smallest absolute Gasteiger partial charge is 0.272 e. The number of piperidine rings is 1. The fraction of sp³-hybridized carbons (Fsp3) is 0.333. The number of benzene rings is 2. The van der Waals surface area contributed by atoms with Crippen molar-refractivity contribution in [2.75, 3.05) is 20.3 Å². The van der Waals surface area contributed by atoms with Gasteiger partial charge in [0, 0.05) is 36.6 Å². The predicted molar refractivity (Wildman–Crippen MR) is 151 cm³/mol. The van der Waals surface area contributed by atoms with Crippen LogP contribution >= 0.6 is 0 Å². The summed E-state index contributed by atoms with van der Waals surface area (Å²) in [5, 5.41) is 13.2. The second-order valence-electron chi connectivity index (χ2n) is 10.2. The van der Waals surface area contributed by atoms with Crippen molar-refractivity contribution in [3.63, 3.8) is 0 Å². The van der Waals surface area contributed by atoms with E-state index in [4.69, 9.17) is 4.74 Å². The van der Waals surface area contributed by atoms with Crippen LogP contribution in [0.1, 0.15) is 40.6 Å². The number of likely N-dealkylation sites (tertiary alicyclic amines) is 1. The number of nitrogens with zero attached hydrogens (tertiary/aromatic N) is 3. The molecular formula is C30H32N4O6. The molecule has 1 aliphatic heterocycles. The largest absolute Gasteiger partial charge is 0.493 e. The summed E-state index contributed by atoms with van der Waals surface area (Å²) in [7, 11) is 3.14. The van der Waals surface area contributed by atoms with Crippen LogP contribution in [0.15, 0.2) is 59.4 Å². The van der Waals surface area contributed by atoms with E-state index in [0.717, 1.165) is 0 Å². The Morgan fingerprint density at radius 1 is 1.07 bits per heavy atom. The van der Waals surface area contributed by atoms with Crippen LogP contribution in [0.3, 0.4) is 0 Å². The summed E-state index contributed by atoms with van der Waals surface area (Å²) in [4.78, 5) is 54.3. The van der Waals surface area contributed by atoms with Crippen LogP contribution in [0.4, 0.5) is 0 Å². The highest BCUT2D eigenvalue weighted by Gasteiger charge is 2.32. The van der Waals surface area contributed by atoms with Gasteiger partial charge in [0.05, 0.1) is 24.7 Å². The first kappa shape index (κ1) is 27.1. The standard InChI is InChI=1S/C30H32N4O6/c1-18-15-20(13-14-33(18)24(37)17-35)31-29(38)27-28(40-3)25-26(32(27)2)21-11-7-8-12-22(21)34(30(25)39)16-23(36)19-9-5-4-6-10-19/h4-12,18,20,35H,13-17H2,1-3H3,(H,31,38). The Morgan fingerprint density at radius 3 is 2.45 bits per heavy atom. The summed E-state index contributed by atoms with van der Waals surface area (Å²) in [6.45, 7) is 1.59. The van der Waals surface area contributed by atoms with E-state index < -0.39 is 18.1 Å². The van der Waals surface area contributed by atoms with Gasteiger partial charge in [0.15, 0.2) is 17.2 Å². The van der Waals surface area contributed by atoms with E-state index in [9.17, 15) is 24.3 Å². The lowest BCUT2D eigenvalue weighted by Gasteiger charge is -2.37. The zero-order valence-corrected chi connectivity index (χ0v) is 22.7. The summed E-state index contributed by atoms with van der Waals surface area (Å²) < 4.78 is 8.80. The third-order valence-electron chi connectivity index (χ3n) is 7.74. The monoisotopic (exact) mass is 544 g/mol. The van der Waals surface area contributed by atoms with Crippen LogP contribution in [0.5, 0.6) is 5.75 Å². The van der Waals surface area contributed by atoms with Gasteiger partial charge in [-0.15, -0.1) is 0 Å². The van der Waals surface area contributed by atoms with Crippen LogP contribution in [-0.2, 0) is 18.4 Å². The number of carbonyl (C=O) groups excluding carboxylic acids is 3. The number of Topliss-reactive ketones (excluding diaryl/α,β-unsaturated/α-hetero) is 1. The molecule has 2 amide bonds. The lowest BCUT2D eigenvalue weighted by molar-refractivity contribution is -0.137. The molecular weight excluding hydrogens is 512 g/mol. The summed E-state index contributed by atoms with van der Waals surface area (Å²) >= 11 is 0. The number of pyridine rings is 1. The first-order valence-electron chi connectivity index (χ1n) is 13.2. The highest BCUT2D eigenvalue weighted by molar-refractivity contribution is 6.12. The van der Waals surface area contributed by atoms with Crippen LogP contribution < -0.4 is 15.6 Å². The average Bonchev–Trinajstić information content (AvgIpc) is 3.27. The van der Waals surface area contributed by atoms with Crippen molar-refractivity contribution < 1.29 is 24.2 Å². The van der Waals surface area contributed by atoms with Crippen LogP contribution in [0, 0.1) is 0 Å². The minimum atomic E-state index is -0.545. The third-order valence-corrected chi connectivity index (χ3v) is 7.74. The molecule has 4 aromatic rings. The van der Waals surface area contributed by atoms with Gasteiger partial charge in [-0.2, -0.15) is 0 Å². The first-order chi connectivity index (χ1) is 19.3. The van der Waals surface area contributed by atoms with Gasteiger partial charge in [0.25, 0.3) is 11.5 Å². The summed E-state index contributed by atoms with van der Waals surface area (Å²) in [5.74, 6) is -0.792. The number of nitrogens with one attached hydrogen (secondary N) is 1. The van der Waals surface area contributed by atoms with Gasteiger partial charge in [-0.1, -0.05) is 48.5 Å². The molecule has 2 aromatic heterocycles. The quantitative estimate of drug-likeness (QED) is 0.345. The van der Waals surface area contributed by atoms with Gasteiger partial charge in [-0.05, 0) is 25.8 Å². The molecule has 0 saturated carbocycles. The summed E-state index contributed by atoms with van der Waals surface area (Å²) in [6.07, 6.45) is 1.06. The Bertz CT molecular complexity index is 1670. The maximum atomic E-state index is 14.0. The molecule has 208 valence electrons. The SMILES string of the molecule is COc1c(C(=O)NC2CCN(C(=O)CO)C(C)C2)n(C)c2c1c(=O)n(CC(=O)c1ccccc1)c1ccccc21. The number of hydrogen-bond acceptors (Lipinski definition) is 6. The number of hydrogen-bond donors (Lipinski definition) is 2. The summed E-state index contributed by atoms with van der Waals surface area (Å²) in [6, 6.07) is 15.7. The molecule has 5 rings (SSSR count). The molecule has 1 aliphatic rings. The van der Waals surface area contributed by atoms with E-state index in [1.807, 2.05) is 25.1 Å². The zero-order valence-electron chi connectivity index (χ0n) is 22.7. The molecule has 0 aliphatic carbocycles. The number of aliphatic hydroxyl groups excluding tert-OH is 1. The van der Waals surface area contributed by atoms with Crippen LogP contribution in [-0.4, -0.2) is 69.1 Å². The van der Waals surface area contributed by atoms with Crippen molar-refractivity contribution in [1.82, 2.24) is 19.4 Å². The molecule has 2 aromatic carbocycles. The Balaban J connectivity index is 1.56. The number of aromatic nitrogens is 2. The highest BCUT2D eigenvalue weighted by atomic mass is 16.5. The normalized spacial score (nSPS) is 17.2. The minimum absolute atomic E-state index is 0.146. The average molecular weight is 545 g/mol. The Morgan fingerprint density at radius 2 is 1.77 bits per heavy atom. The number of ether oxygens (including phenoxy) is 1. The number of aliphatic hydroxyl groups is 1. The fourth-order valence-electron chi connectivity index (χ4n) is 5.81. The van der Waals surface area contributed by atoms with Crippen molar-refractivity contribution in [3.8, 4) is 5.75 Å². The molecule has 1 saturated heterocycles. The van der Waals surface area contributed by atoms with Gasteiger partial charge < -0.3 is 24.6 Å². The maximum absolute atomic E-state index is 14.0. The van der Waals surface area contributed by atoms with Gasteiger partial charge in [0.2, 0.25) is 5.91 Å². The van der Waals surface area contributed by atoms with Crippen molar-refractivity contribution in [2.45, 2.75) is 38.4 Å². The molecule has 0 spiro atoms. The molecule has 10 heteroatoms. The topological polar surface area (TPSA) is 123 Å². The molecule has 2 unspecified atom stereocenters. The Labute approximate surface area is 230 Å². The third kappa shape index (κ3) is 4.64. The number of rotatable bonds is 7. The number of para-hydroxylation sites is 1. The first-order valence-corrected chi connectivity index (χ1v) is 13.2. The summed E-state index contributed by atoms with van der Waals surface area (Å²) in [5.41, 5.74) is 1.40.